The number of aliphatic hydroxyl groups excluding tert-OH is 1. The smallest absolute Gasteiger partial charge is 0.444 e. The average Bonchev–Trinajstić information content (AvgIpc) is 3.04. The molecule has 3 aromatic rings. The molecule has 1 aliphatic heterocycles. The Bertz CT molecular complexity index is 1950. The first-order valence-corrected chi connectivity index (χ1v) is 18.1. The Morgan fingerprint density at radius 3 is 2.29 bits per heavy atom. The lowest BCUT2D eigenvalue weighted by molar-refractivity contribution is -0.274. The lowest BCUT2D eigenvalue weighted by Crippen LogP contribution is -2.39. The first-order valence-electron chi connectivity index (χ1n) is 16.6. The van der Waals surface area contributed by atoms with Crippen LogP contribution < -0.4 is 14.8 Å². The van der Waals surface area contributed by atoms with Gasteiger partial charge in [-0.2, -0.15) is 0 Å². The van der Waals surface area contributed by atoms with Gasteiger partial charge in [-0.1, -0.05) is 23.8 Å². The fourth-order valence-electron chi connectivity index (χ4n) is 6.22. The van der Waals surface area contributed by atoms with E-state index in [9.17, 15) is 36.3 Å². The number of hydrogen-bond donors (Lipinski definition) is 3. The number of hydrogen-bond acceptors (Lipinski definition) is 8. The summed E-state index contributed by atoms with van der Waals surface area (Å²) < 4.78 is 93.5. The number of nitrogens with zero attached hydrogens (tertiary/aromatic N) is 2. The number of aliphatic hydroxyl groups is 1. The minimum Gasteiger partial charge on any atom is -0.444 e. The fraction of sp³-hybridized carbons (Fsp3) is 0.417. The zero-order valence-corrected chi connectivity index (χ0v) is 29.8. The number of ether oxygens (including phenoxy) is 2. The van der Waals surface area contributed by atoms with Crippen LogP contribution in [0.1, 0.15) is 85.8 Å². The van der Waals surface area contributed by atoms with E-state index in [2.05, 4.69) is 19.8 Å². The number of aromatic nitrogens is 1. The molecule has 3 N–H and O–H groups in total. The zero-order valence-electron chi connectivity index (χ0n) is 29.0. The standard InChI is InChI=1S/C36H40F4N4O7S/c1-21-5-12-26(13-6-21)52(48,49)43-32-31(22-7-9-24(45)10-8-22)30(28(37)20-41-32)23-15-17-44(18-16-23)33(46)27-14-11-25(50-36(38,39)40)19-29(27)42-34(47)51-35(2,3)4/h5-7,11-14,19-20,23-24,45H,8-10,15-18H2,1-4H3,(H,41,43)(H,42,47). The summed E-state index contributed by atoms with van der Waals surface area (Å²) in [6.45, 7) is 6.80. The molecule has 0 spiro atoms. The van der Waals surface area contributed by atoms with E-state index in [1.54, 1.807) is 39.0 Å². The lowest BCUT2D eigenvalue weighted by Gasteiger charge is -2.34. The molecule has 5 rings (SSSR count). The molecule has 2 amide bonds. The third kappa shape index (κ3) is 9.59. The van der Waals surface area contributed by atoms with Crippen LogP contribution in [0.5, 0.6) is 5.75 Å². The number of benzene rings is 2. The summed E-state index contributed by atoms with van der Waals surface area (Å²) in [5.74, 6) is -2.47. The molecule has 52 heavy (non-hydrogen) atoms. The normalized spacial score (nSPS) is 17.3. The van der Waals surface area contributed by atoms with Gasteiger partial charge in [-0.25, -0.2) is 22.6 Å². The maximum absolute atomic E-state index is 15.9. The van der Waals surface area contributed by atoms with E-state index in [1.807, 2.05) is 6.92 Å². The number of rotatable bonds is 8. The quantitative estimate of drug-likeness (QED) is 0.201. The van der Waals surface area contributed by atoms with Gasteiger partial charge in [0.25, 0.3) is 15.9 Å². The summed E-state index contributed by atoms with van der Waals surface area (Å²) in [4.78, 5) is 32.0. The monoisotopic (exact) mass is 748 g/mol. The Hall–Kier alpha value is -4.70. The number of amides is 2. The molecule has 1 atom stereocenters. The molecule has 1 aromatic heterocycles. The highest BCUT2D eigenvalue weighted by atomic mass is 32.2. The highest BCUT2D eigenvalue weighted by Gasteiger charge is 2.34. The summed E-state index contributed by atoms with van der Waals surface area (Å²) in [5.41, 5.74) is 0.692. The van der Waals surface area contributed by atoms with Gasteiger partial charge in [0.1, 0.15) is 23.0 Å². The molecule has 1 unspecified atom stereocenters. The topological polar surface area (TPSA) is 147 Å². The van der Waals surface area contributed by atoms with Crippen molar-refractivity contribution >= 4 is 39.1 Å². The van der Waals surface area contributed by atoms with Crippen LogP contribution in [0.4, 0.5) is 33.9 Å². The highest BCUT2D eigenvalue weighted by molar-refractivity contribution is 7.92. The largest absolute Gasteiger partial charge is 0.573 e. The Morgan fingerprint density at radius 1 is 1.02 bits per heavy atom. The van der Waals surface area contributed by atoms with Crippen molar-refractivity contribution in [2.45, 2.75) is 88.7 Å². The van der Waals surface area contributed by atoms with Gasteiger partial charge in [0, 0.05) is 30.3 Å². The minimum atomic E-state index is -5.02. The van der Waals surface area contributed by atoms with E-state index in [4.69, 9.17) is 4.74 Å². The number of pyridine rings is 1. The van der Waals surface area contributed by atoms with E-state index in [0.717, 1.165) is 30.0 Å². The summed E-state index contributed by atoms with van der Waals surface area (Å²) in [6.07, 6.45) is -2.41. The number of piperidine rings is 1. The van der Waals surface area contributed by atoms with Gasteiger partial charge < -0.3 is 19.5 Å². The molecule has 0 bridgehead atoms. The average molecular weight is 749 g/mol. The first-order chi connectivity index (χ1) is 24.3. The maximum Gasteiger partial charge on any atom is 0.573 e. The van der Waals surface area contributed by atoms with E-state index in [1.165, 1.54) is 17.0 Å². The molecule has 16 heteroatoms. The molecule has 1 fully saturated rings. The summed E-state index contributed by atoms with van der Waals surface area (Å²) in [5, 5.41) is 12.5. The zero-order chi connectivity index (χ0) is 38.0. The van der Waals surface area contributed by atoms with Gasteiger partial charge >= 0.3 is 12.5 Å². The number of nitrogens with one attached hydrogen (secondary N) is 2. The lowest BCUT2D eigenvalue weighted by atomic mass is 9.82. The molecule has 1 saturated heterocycles. The number of carbonyl (C=O) groups is 2. The molecule has 11 nitrogen and oxygen atoms in total. The third-order valence-corrected chi connectivity index (χ3v) is 9.97. The summed E-state index contributed by atoms with van der Waals surface area (Å²) >= 11 is 0. The van der Waals surface area contributed by atoms with Crippen LogP contribution >= 0.6 is 0 Å². The van der Waals surface area contributed by atoms with Gasteiger partial charge in [-0.15, -0.1) is 13.2 Å². The van der Waals surface area contributed by atoms with Crippen LogP contribution in [0.3, 0.4) is 0 Å². The summed E-state index contributed by atoms with van der Waals surface area (Å²) in [6, 6.07) is 9.16. The predicted molar refractivity (Wildman–Crippen MR) is 185 cm³/mol. The third-order valence-electron chi connectivity index (χ3n) is 8.62. The molecule has 2 heterocycles. The number of aryl methyl sites for hydroxylation is 1. The van der Waals surface area contributed by atoms with Crippen molar-refractivity contribution in [2.75, 3.05) is 23.1 Å². The number of anilines is 2. The maximum atomic E-state index is 15.9. The summed E-state index contributed by atoms with van der Waals surface area (Å²) in [7, 11) is -4.12. The Morgan fingerprint density at radius 2 is 1.69 bits per heavy atom. The van der Waals surface area contributed by atoms with E-state index >= 15 is 4.39 Å². The number of sulfonamides is 1. The van der Waals surface area contributed by atoms with Crippen LogP contribution in [0.15, 0.2) is 59.6 Å². The van der Waals surface area contributed by atoms with Crippen molar-refractivity contribution in [2.24, 2.45) is 0 Å². The number of alkyl halides is 3. The van der Waals surface area contributed by atoms with Crippen LogP contribution in [0.2, 0.25) is 0 Å². The van der Waals surface area contributed by atoms with Gasteiger partial charge in [0.2, 0.25) is 0 Å². The molecule has 0 radical (unpaired) electrons. The van der Waals surface area contributed by atoms with Crippen LogP contribution in [-0.4, -0.2) is 66.6 Å². The van der Waals surface area contributed by atoms with Crippen molar-refractivity contribution in [1.82, 2.24) is 9.88 Å². The van der Waals surface area contributed by atoms with Crippen LogP contribution in [0, 0.1) is 12.7 Å². The number of carbonyl (C=O) groups excluding carboxylic acids is 2. The number of likely N-dealkylation sites (tertiary alicyclic amines) is 1. The SMILES string of the molecule is Cc1ccc(S(=O)(=O)Nc2ncc(F)c(C3CCN(C(=O)c4ccc(OC(F)(F)F)cc4NC(=O)OC(C)(C)C)CC3)c2C2=CCC(O)CC2)cc1. The second kappa shape index (κ2) is 15.1. The van der Waals surface area contributed by atoms with Crippen molar-refractivity contribution < 1.29 is 50.1 Å². The van der Waals surface area contributed by atoms with Crippen LogP contribution in [0.25, 0.3) is 5.57 Å². The Labute approximate surface area is 299 Å². The minimum absolute atomic E-state index is 0.00452. The molecule has 280 valence electrons. The second-order valence-electron chi connectivity index (χ2n) is 13.8. The number of allylic oxidation sites excluding steroid dienone is 1. The molecular weight excluding hydrogens is 708 g/mol. The van der Waals surface area contributed by atoms with Crippen molar-refractivity contribution in [3.05, 3.63) is 82.8 Å². The first kappa shape index (κ1) is 38.5. The molecular formula is C36H40F4N4O7S. The Kier molecular flexibility index (Phi) is 11.2. The Balaban J connectivity index is 1.43. The van der Waals surface area contributed by atoms with Gasteiger partial charge in [0.15, 0.2) is 0 Å². The van der Waals surface area contributed by atoms with Crippen LogP contribution in [-0.2, 0) is 14.8 Å². The van der Waals surface area contributed by atoms with E-state index < -0.39 is 57.6 Å². The van der Waals surface area contributed by atoms with Crippen molar-refractivity contribution in [3.8, 4) is 5.75 Å². The van der Waals surface area contributed by atoms with E-state index in [0.29, 0.717) is 18.4 Å². The molecule has 0 saturated carbocycles. The molecule has 2 aliphatic rings. The van der Waals surface area contributed by atoms with Crippen molar-refractivity contribution in [3.63, 3.8) is 0 Å². The second-order valence-corrected chi connectivity index (χ2v) is 15.5. The highest BCUT2D eigenvalue weighted by Crippen LogP contribution is 2.42. The van der Waals surface area contributed by atoms with Gasteiger partial charge in [-0.05, 0) is 95.6 Å². The van der Waals surface area contributed by atoms with Gasteiger partial charge in [-0.3, -0.25) is 14.8 Å². The molecule has 1 aliphatic carbocycles. The number of halogens is 4. The molecule has 2 aromatic carbocycles. The van der Waals surface area contributed by atoms with Gasteiger partial charge in [0.05, 0.1) is 28.4 Å². The predicted octanol–water partition coefficient (Wildman–Crippen LogP) is 7.52. The van der Waals surface area contributed by atoms with E-state index in [-0.39, 0.29) is 65.4 Å². The fourth-order valence-corrected chi connectivity index (χ4v) is 7.24. The van der Waals surface area contributed by atoms with Crippen molar-refractivity contribution in [1.29, 1.82) is 0 Å².